The fourth-order valence-electron chi connectivity index (χ4n) is 2.18. The topological polar surface area (TPSA) is 18.5 Å². The molecule has 0 fully saturated rings. The van der Waals surface area contributed by atoms with Crippen molar-refractivity contribution in [2.45, 2.75) is 19.3 Å². The van der Waals surface area contributed by atoms with Crippen LogP contribution in [0, 0.1) is 0 Å². The summed E-state index contributed by atoms with van der Waals surface area (Å²) in [5.74, 6) is 1.59. The van der Waals surface area contributed by atoms with Gasteiger partial charge in [0.2, 0.25) is 0 Å². The minimum atomic E-state index is 0.786. The van der Waals surface area contributed by atoms with E-state index in [1.807, 2.05) is 6.07 Å². The Hall–Kier alpha value is -1.96. The Bertz CT molecular complexity index is 506. The first-order valence-electron chi connectivity index (χ1n) is 6.58. The third-order valence-corrected chi connectivity index (χ3v) is 3.22. The summed E-state index contributed by atoms with van der Waals surface area (Å²) < 4.78 is 10.6. The van der Waals surface area contributed by atoms with E-state index in [2.05, 4.69) is 42.5 Å². The van der Waals surface area contributed by atoms with E-state index in [1.54, 1.807) is 14.2 Å². The Labute approximate surface area is 115 Å². The van der Waals surface area contributed by atoms with Crippen LogP contribution in [0.2, 0.25) is 0 Å². The summed E-state index contributed by atoms with van der Waals surface area (Å²) in [6.45, 7) is 0. The maximum Gasteiger partial charge on any atom is 0.160 e. The van der Waals surface area contributed by atoms with Gasteiger partial charge in [-0.3, -0.25) is 0 Å². The van der Waals surface area contributed by atoms with E-state index in [0.717, 1.165) is 30.8 Å². The molecular weight excluding hydrogens is 236 g/mol. The molecule has 0 saturated heterocycles. The summed E-state index contributed by atoms with van der Waals surface area (Å²) >= 11 is 0. The van der Waals surface area contributed by atoms with Gasteiger partial charge in [-0.2, -0.15) is 0 Å². The lowest BCUT2D eigenvalue weighted by Crippen LogP contribution is -1.94. The molecule has 0 atom stereocenters. The van der Waals surface area contributed by atoms with Crippen LogP contribution in [-0.4, -0.2) is 14.2 Å². The van der Waals surface area contributed by atoms with E-state index in [1.165, 1.54) is 11.1 Å². The van der Waals surface area contributed by atoms with Crippen LogP contribution in [0.4, 0.5) is 0 Å². The summed E-state index contributed by atoms with van der Waals surface area (Å²) in [6.07, 6.45) is 3.30. The van der Waals surface area contributed by atoms with Crippen LogP contribution in [0.1, 0.15) is 17.5 Å². The Balaban J connectivity index is 1.93. The molecule has 0 saturated carbocycles. The molecule has 2 heteroatoms. The number of benzene rings is 2. The minimum absolute atomic E-state index is 0.786. The number of hydrogen-bond donors (Lipinski definition) is 0. The third kappa shape index (κ3) is 3.75. The van der Waals surface area contributed by atoms with Gasteiger partial charge in [-0.25, -0.2) is 0 Å². The van der Waals surface area contributed by atoms with Crippen LogP contribution in [-0.2, 0) is 12.8 Å². The molecule has 0 heterocycles. The van der Waals surface area contributed by atoms with Gasteiger partial charge in [0.1, 0.15) is 0 Å². The molecule has 0 unspecified atom stereocenters. The molecule has 0 aliphatic carbocycles. The Morgan fingerprint density at radius 2 is 1.42 bits per heavy atom. The Morgan fingerprint density at radius 3 is 2.11 bits per heavy atom. The monoisotopic (exact) mass is 256 g/mol. The molecule has 2 rings (SSSR count). The summed E-state index contributed by atoms with van der Waals surface area (Å²) in [5, 5.41) is 0. The van der Waals surface area contributed by atoms with Gasteiger partial charge in [0.15, 0.2) is 11.5 Å². The van der Waals surface area contributed by atoms with Crippen molar-refractivity contribution in [2.24, 2.45) is 0 Å². The van der Waals surface area contributed by atoms with E-state index >= 15 is 0 Å². The SMILES string of the molecule is COc1ccc(CCCc2ccccc2)cc1OC. The van der Waals surface area contributed by atoms with E-state index in [4.69, 9.17) is 9.47 Å². The number of ether oxygens (including phenoxy) is 2. The van der Waals surface area contributed by atoms with E-state index in [0.29, 0.717) is 0 Å². The second-order valence-electron chi connectivity index (χ2n) is 4.53. The molecule has 2 nitrogen and oxygen atoms in total. The van der Waals surface area contributed by atoms with Gasteiger partial charge in [0.05, 0.1) is 14.2 Å². The first kappa shape index (κ1) is 13.5. The highest BCUT2D eigenvalue weighted by atomic mass is 16.5. The summed E-state index contributed by atoms with van der Waals surface area (Å²) in [5.41, 5.74) is 2.68. The van der Waals surface area contributed by atoms with E-state index in [9.17, 15) is 0 Å². The maximum atomic E-state index is 5.32. The lowest BCUT2D eigenvalue weighted by Gasteiger charge is -2.09. The maximum absolute atomic E-state index is 5.32. The second kappa shape index (κ2) is 6.83. The van der Waals surface area contributed by atoms with Crippen molar-refractivity contribution >= 4 is 0 Å². The molecule has 19 heavy (non-hydrogen) atoms. The van der Waals surface area contributed by atoms with E-state index < -0.39 is 0 Å². The zero-order chi connectivity index (χ0) is 13.5. The molecular formula is C17H20O2. The average Bonchev–Trinajstić information content (AvgIpc) is 2.48. The highest BCUT2D eigenvalue weighted by molar-refractivity contribution is 5.42. The summed E-state index contributed by atoms with van der Waals surface area (Å²) in [6, 6.07) is 16.7. The first-order chi connectivity index (χ1) is 9.33. The minimum Gasteiger partial charge on any atom is -0.493 e. The number of hydrogen-bond acceptors (Lipinski definition) is 2. The predicted octanol–water partition coefficient (Wildman–Crippen LogP) is 3.88. The molecule has 0 radical (unpaired) electrons. The average molecular weight is 256 g/mol. The fourth-order valence-corrected chi connectivity index (χ4v) is 2.18. The molecule has 0 aromatic heterocycles. The van der Waals surface area contributed by atoms with Crippen molar-refractivity contribution in [2.75, 3.05) is 14.2 Å². The lowest BCUT2D eigenvalue weighted by atomic mass is 10.0. The standard InChI is InChI=1S/C17H20O2/c1-18-16-12-11-15(13-17(16)19-2)10-6-9-14-7-4-3-5-8-14/h3-5,7-8,11-13H,6,9-10H2,1-2H3. The molecule has 0 aliphatic heterocycles. The number of methoxy groups -OCH3 is 2. The van der Waals surface area contributed by atoms with Crippen molar-refractivity contribution in [3.63, 3.8) is 0 Å². The van der Waals surface area contributed by atoms with Crippen molar-refractivity contribution in [3.8, 4) is 11.5 Å². The molecule has 2 aromatic rings. The van der Waals surface area contributed by atoms with Crippen molar-refractivity contribution in [1.29, 1.82) is 0 Å². The van der Waals surface area contributed by atoms with Gasteiger partial charge in [-0.15, -0.1) is 0 Å². The highest BCUT2D eigenvalue weighted by Crippen LogP contribution is 2.28. The highest BCUT2D eigenvalue weighted by Gasteiger charge is 2.04. The number of rotatable bonds is 6. The molecule has 0 amide bonds. The van der Waals surface area contributed by atoms with Gasteiger partial charge in [0.25, 0.3) is 0 Å². The van der Waals surface area contributed by atoms with Crippen molar-refractivity contribution in [3.05, 3.63) is 59.7 Å². The first-order valence-corrected chi connectivity index (χ1v) is 6.58. The Kier molecular flexibility index (Phi) is 4.85. The van der Waals surface area contributed by atoms with E-state index in [-0.39, 0.29) is 0 Å². The van der Waals surface area contributed by atoms with Crippen LogP contribution in [0.25, 0.3) is 0 Å². The van der Waals surface area contributed by atoms with Crippen molar-refractivity contribution < 1.29 is 9.47 Å². The molecule has 0 N–H and O–H groups in total. The largest absolute Gasteiger partial charge is 0.493 e. The van der Waals surface area contributed by atoms with Crippen LogP contribution in [0.15, 0.2) is 48.5 Å². The quantitative estimate of drug-likeness (QED) is 0.781. The summed E-state index contributed by atoms with van der Waals surface area (Å²) in [7, 11) is 3.33. The summed E-state index contributed by atoms with van der Waals surface area (Å²) in [4.78, 5) is 0. The molecule has 2 aromatic carbocycles. The van der Waals surface area contributed by atoms with Crippen LogP contribution >= 0.6 is 0 Å². The van der Waals surface area contributed by atoms with Gasteiger partial charge in [0, 0.05) is 0 Å². The normalized spacial score (nSPS) is 10.2. The van der Waals surface area contributed by atoms with Crippen LogP contribution in [0.5, 0.6) is 11.5 Å². The van der Waals surface area contributed by atoms with Gasteiger partial charge in [-0.1, -0.05) is 36.4 Å². The predicted molar refractivity (Wildman–Crippen MR) is 78.0 cm³/mol. The van der Waals surface area contributed by atoms with Crippen molar-refractivity contribution in [1.82, 2.24) is 0 Å². The zero-order valence-corrected chi connectivity index (χ0v) is 11.6. The molecule has 0 bridgehead atoms. The molecule has 100 valence electrons. The van der Waals surface area contributed by atoms with Crippen LogP contribution < -0.4 is 9.47 Å². The molecule has 0 spiro atoms. The lowest BCUT2D eigenvalue weighted by molar-refractivity contribution is 0.354. The Morgan fingerprint density at radius 1 is 0.737 bits per heavy atom. The molecule has 0 aliphatic rings. The zero-order valence-electron chi connectivity index (χ0n) is 11.6. The number of aryl methyl sites for hydroxylation is 2. The second-order valence-corrected chi connectivity index (χ2v) is 4.53. The van der Waals surface area contributed by atoms with Gasteiger partial charge < -0.3 is 9.47 Å². The third-order valence-electron chi connectivity index (χ3n) is 3.22. The smallest absolute Gasteiger partial charge is 0.160 e. The van der Waals surface area contributed by atoms with Crippen LogP contribution in [0.3, 0.4) is 0 Å². The fraction of sp³-hybridized carbons (Fsp3) is 0.294. The van der Waals surface area contributed by atoms with Gasteiger partial charge in [-0.05, 0) is 42.5 Å². The van der Waals surface area contributed by atoms with Gasteiger partial charge >= 0.3 is 0 Å².